The van der Waals surface area contributed by atoms with Crippen LogP contribution in [0.3, 0.4) is 0 Å². The van der Waals surface area contributed by atoms with Gasteiger partial charge < -0.3 is 4.42 Å². The largest absolute Gasteiger partial charge is 0.422 e. The van der Waals surface area contributed by atoms with Crippen LogP contribution in [-0.4, -0.2) is 31.3 Å². The van der Waals surface area contributed by atoms with Crippen molar-refractivity contribution < 1.29 is 4.42 Å². The molecular weight excluding hydrogens is 386 g/mol. The molecule has 0 radical (unpaired) electrons. The molecule has 0 atom stereocenters. The van der Waals surface area contributed by atoms with Crippen molar-refractivity contribution in [2.75, 3.05) is 5.75 Å². The fourth-order valence-corrected chi connectivity index (χ4v) is 3.63. The molecule has 4 aromatic rings. The number of halogens is 1. The predicted molar refractivity (Wildman–Crippen MR) is 106 cm³/mol. The molecule has 0 amide bonds. The highest BCUT2D eigenvalue weighted by molar-refractivity contribution is 7.99. The second-order valence-corrected chi connectivity index (χ2v) is 6.62. The Kier molecular flexibility index (Phi) is 4.51. The smallest absolute Gasteiger partial charge is 0.345 e. The topological polar surface area (TPSA) is 86.2 Å². The summed E-state index contributed by atoms with van der Waals surface area (Å²) in [4.78, 5) is 16.5. The summed E-state index contributed by atoms with van der Waals surface area (Å²) in [6.07, 6.45) is 3.40. The molecule has 0 unspecified atom stereocenters. The summed E-state index contributed by atoms with van der Waals surface area (Å²) in [5, 5.41) is 14.5. The second-order valence-electron chi connectivity index (χ2n) is 5.68. The van der Waals surface area contributed by atoms with E-state index in [9.17, 15) is 4.79 Å². The Morgan fingerprint density at radius 3 is 2.85 bits per heavy atom. The number of pyridine rings is 1. The molecule has 9 heteroatoms. The lowest BCUT2D eigenvalue weighted by molar-refractivity contribution is 0.559. The van der Waals surface area contributed by atoms with Gasteiger partial charge in [-0.1, -0.05) is 30.0 Å². The highest BCUT2D eigenvalue weighted by Gasteiger charge is 2.22. The Bertz CT molecular complexity index is 1220. The van der Waals surface area contributed by atoms with Crippen LogP contribution in [0.4, 0.5) is 0 Å². The Hall–Kier alpha value is -2.97. The SMILES string of the molecule is Cl.O=c1oc2ccccc2cc1C1=Nn2c(nnc2-c2cccnc2)SC1. The van der Waals surface area contributed by atoms with Crippen LogP contribution in [0.1, 0.15) is 5.56 Å². The molecule has 27 heavy (non-hydrogen) atoms. The average molecular weight is 398 g/mol. The lowest BCUT2D eigenvalue weighted by Gasteiger charge is -2.13. The van der Waals surface area contributed by atoms with Gasteiger partial charge in [0.2, 0.25) is 5.16 Å². The van der Waals surface area contributed by atoms with E-state index in [2.05, 4.69) is 20.3 Å². The van der Waals surface area contributed by atoms with E-state index in [1.54, 1.807) is 23.1 Å². The first kappa shape index (κ1) is 17.4. The molecule has 0 bridgehead atoms. The van der Waals surface area contributed by atoms with Gasteiger partial charge in [0.05, 0.1) is 11.3 Å². The van der Waals surface area contributed by atoms with E-state index >= 15 is 0 Å². The first-order chi connectivity index (χ1) is 12.8. The van der Waals surface area contributed by atoms with Crippen LogP contribution < -0.4 is 5.63 Å². The van der Waals surface area contributed by atoms with Crippen LogP contribution in [0.2, 0.25) is 0 Å². The van der Waals surface area contributed by atoms with Gasteiger partial charge in [0, 0.05) is 29.1 Å². The Morgan fingerprint density at radius 1 is 1.11 bits per heavy atom. The summed E-state index contributed by atoms with van der Waals surface area (Å²) in [5.41, 5.74) is 2.05. The molecule has 0 fully saturated rings. The van der Waals surface area contributed by atoms with Gasteiger partial charge in [-0.2, -0.15) is 9.78 Å². The molecule has 0 aliphatic carbocycles. The summed E-state index contributed by atoms with van der Waals surface area (Å²) in [7, 11) is 0. The summed E-state index contributed by atoms with van der Waals surface area (Å²) in [5.74, 6) is 1.11. The summed E-state index contributed by atoms with van der Waals surface area (Å²) in [6.45, 7) is 0. The minimum absolute atomic E-state index is 0. The molecule has 1 aromatic carbocycles. The quantitative estimate of drug-likeness (QED) is 0.483. The number of aromatic nitrogens is 4. The molecule has 134 valence electrons. The molecule has 0 spiro atoms. The number of rotatable bonds is 2. The van der Waals surface area contributed by atoms with E-state index in [1.165, 1.54) is 11.8 Å². The van der Waals surface area contributed by atoms with Gasteiger partial charge in [-0.3, -0.25) is 4.98 Å². The van der Waals surface area contributed by atoms with Gasteiger partial charge in [0.15, 0.2) is 5.82 Å². The normalized spacial score (nSPS) is 13.0. The van der Waals surface area contributed by atoms with E-state index < -0.39 is 5.63 Å². The highest BCUT2D eigenvalue weighted by Crippen LogP contribution is 2.28. The van der Waals surface area contributed by atoms with Gasteiger partial charge in [0.25, 0.3) is 0 Å². The maximum atomic E-state index is 12.4. The van der Waals surface area contributed by atoms with E-state index in [-0.39, 0.29) is 12.4 Å². The zero-order valence-electron chi connectivity index (χ0n) is 13.8. The van der Waals surface area contributed by atoms with Crippen LogP contribution in [0.15, 0.2) is 74.3 Å². The molecule has 3 aromatic heterocycles. The van der Waals surface area contributed by atoms with Crippen LogP contribution in [0.25, 0.3) is 22.4 Å². The number of nitrogens with zero attached hydrogens (tertiary/aromatic N) is 5. The van der Waals surface area contributed by atoms with Crippen LogP contribution in [-0.2, 0) is 0 Å². The third-order valence-corrected chi connectivity index (χ3v) is 4.97. The zero-order chi connectivity index (χ0) is 17.5. The monoisotopic (exact) mass is 397 g/mol. The number of thioether (sulfide) groups is 1. The fraction of sp³-hybridized carbons (Fsp3) is 0.0556. The first-order valence-corrected chi connectivity index (χ1v) is 8.88. The summed E-state index contributed by atoms with van der Waals surface area (Å²) in [6, 6.07) is 13.0. The van der Waals surface area contributed by atoms with Gasteiger partial charge in [-0.05, 0) is 24.3 Å². The van der Waals surface area contributed by atoms with Crippen LogP contribution >= 0.6 is 24.2 Å². The molecule has 0 saturated heterocycles. The van der Waals surface area contributed by atoms with Crippen molar-refractivity contribution in [1.29, 1.82) is 0 Å². The van der Waals surface area contributed by atoms with Gasteiger partial charge in [-0.25, -0.2) is 4.79 Å². The Labute approximate surface area is 163 Å². The molecule has 1 aliphatic rings. The van der Waals surface area contributed by atoms with E-state index in [0.29, 0.717) is 33.6 Å². The maximum absolute atomic E-state index is 12.4. The molecule has 0 saturated carbocycles. The molecule has 4 heterocycles. The number of hydrogen-bond donors (Lipinski definition) is 0. The van der Waals surface area contributed by atoms with Crippen molar-refractivity contribution in [1.82, 2.24) is 19.9 Å². The van der Waals surface area contributed by atoms with Crippen LogP contribution in [0, 0.1) is 0 Å². The van der Waals surface area contributed by atoms with Crippen molar-refractivity contribution >= 4 is 40.8 Å². The molecule has 5 rings (SSSR count). The van der Waals surface area contributed by atoms with Gasteiger partial charge >= 0.3 is 5.63 Å². The van der Waals surface area contributed by atoms with Crippen molar-refractivity contribution in [3.63, 3.8) is 0 Å². The standard InChI is InChI=1S/C18H11N5O2S.ClH/c24-17-13(8-11-4-1-2-6-15(11)25-17)14-10-26-18-21-20-16(23(18)22-14)12-5-3-7-19-9-12;/h1-9H,10H2;1H. The van der Waals surface area contributed by atoms with Crippen molar-refractivity contribution in [2.45, 2.75) is 5.16 Å². The van der Waals surface area contributed by atoms with E-state index in [4.69, 9.17) is 4.42 Å². The molecule has 0 N–H and O–H groups in total. The highest BCUT2D eigenvalue weighted by atomic mass is 35.5. The predicted octanol–water partition coefficient (Wildman–Crippen LogP) is 3.23. The minimum atomic E-state index is -0.400. The maximum Gasteiger partial charge on any atom is 0.345 e. The Balaban J connectivity index is 0.00000180. The van der Waals surface area contributed by atoms with Crippen molar-refractivity contribution in [3.8, 4) is 11.4 Å². The second kappa shape index (κ2) is 6.98. The number of benzene rings is 1. The van der Waals surface area contributed by atoms with E-state index in [1.807, 2.05) is 36.4 Å². The third kappa shape index (κ3) is 3.02. The first-order valence-electron chi connectivity index (χ1n) is 7.89. The Morgan fingerprint density at radius 2 is 2.00 bits per heavy atom. The lowest BCUT2D eigenvalue weighted by Crippen LogP contribution is -2.20. The summed E-state index contributed by atoms with van der Waals surface area (Å²) < 4.78 is 7.08. The molecule has 1 aliphatic heterocycles. The number of fused-ring (bicyclic) bond motifs is 2. The summed E-state index contributed by atoms with van der Waals surface area (Å²) >= 11 is 1.48. The number of hydrogen-bond acceptors (Lipinski definition) is 7. The number of para-hydroxylation sites is 1. The molecule has 7 nitrogen and oxygen atoms in total. The fourth-order valence-electron chi connectivity index (χ4n) is 2.80. The third-order valence-electron chi connectivity index (χ3n) is 4.04. The van der Waals surface area contributed by atoms with Crippen molar-refractivity contribution in [2.24, 2.45) is 5.10 Å². The minimum Gasteiger partial charge on any atom is -0.422 e. The lowest BCUT2D eigenvalue weighted by atomic mass is 10.1. The van der Waals surface area contributed by atoms with Gasteiger partial charge in [0.1, 0.15) is 5.58 Å². The zero-order valence-corrected chi connectivity index (χ0v) is 15.4. The van der Waals surface area contributed by atoms with Gasteiger partial charge in [-0.15, -0.1) is 22.6 Å². The van der Waals surface area contributed by atoms with E-state index in [0.717, 1.165) is 10.9 Å². The van der Waals surface area contributed by atoms with Crippen molar-refractivity contribution in [3.05, 3.63) is 70.8 Å². The molecular formula is C18H12ClN5O2S. The van der Waals surface area contributed by atoms with Crippen LogP contribution in [0.5, 0.6) is 0 Å². The average Bonchev–Trinajstić information content (AvgIpc) is 3.11.